The second kappa shape index (κ2) is 8.41. The molecule has 0 saturated carbocycles. The van der Waals surface area contributed by atoms with Crippen molar-refractivity contribution in [1.82, 2.24) is 9.13 Å². The van der Waals surface area contributed by atoms with E-state index in [0.717, 1.165) is 17.4 Å². The number of carbonyl (C=O) groups excluding carboxylic acids is 1. The number of amides is 1. The molecule has 4 rings (SSSR count). The van der Waals surface area contributed by atoms with Crippen LogP contribution in [0, 0.1) is 5.82 Å². The summed E-state index contributed by atoms with van der Waals surface area (Å²) >= 11 is 6.26. The molecule has 1 atom stereocenters. The van der Waals surface area contributed by atoms with E-state index in [0.29, 0.717) is 6.61 Å². The average Bonchev–Trinajstić information content (AvgIpc) is 3.21. The third-order valence-corrected chi connectivity index (χ3v) is 5.34. The van der Waals surface area contributed by atoms with Crippen LogP contribution in [0.1, 0.15) is 12.8 Å². The highest BCUT2D eigenvalue weighted by Gasteiger charge is 2.22. The van der Waals surface area contributed by atoms with Gasteiger partial charge in [0.25, 0.3) is 5.56 Å². The Hall–Kier alpha value is -2.97. The lowest BCUT2D eigenvalue weighted by molar-refractivity contribution is -0.116. The molecule has 1 amide bonds. The molecule has 1 saturated heterocycles. The fourth-order valence-corrected chi connectivity index (χ4v) is 3.89. The van der Waals surface area contributed by atoms with Gasteiger partial charge in [0.2, 0.25) is 5.91 Å². The molecule has 30 heavy (non-hydrogen) atoms. The summed E-state index contributed by atoms with van der Waals surface area (Å²) in [6.07, 6.45) is 1.36. The smallest absolute Gasteiger partial charge is 0.332 e. The molecule has 3 aromatic rings. The number of ether oxygens (including phenoxy) is 1. The molecule has 9 heteroatoms. The minimum atomic E-state index is -0.625. The molecule has 1 aliphatic heterocycles. The largest absolute Gasteiger partial charge is 0.376 e. The number of anilines is 1. The van der Waals surface area contributed by atoms with E-state index >= 15 is 0 Å². The molecule has 0 aliphatic carbocycles. The first-order chi connectivity index (χ1) is 14.4. The molecule has 156 valence electrons. The second-order valence-electron chi connectivity index (χ2n) is 7.11. The van der Waals surface area contributed by atoms with E-state index in [-0.39, 0.29) is 40.8 Å². The first kappa shape index (κ1) is 20.3. The molecule has 1 unspecified atom stereocenters. The molecule has 7 nitrogen and oxygen atoms in total. The van der Waals surface area contributed by atoms with E-state index in [9.17, 15) is 18.8 Å². The van der Waals surface area contributed by atoms with Crippen molar-refractivity contribution in [3.8, 4) is 0 Å². The van der Waals surface area contributed by atoms with Crippen molar-refractivity contribution in [1.29, 1.82) is 0 Å². The maximum absolute atomic E-state index is 13.4. The van der Waals surface area contributed by atoms with E-state index in [1.165, 1.54) is 28.8 Å². The fourth-order valence-electron chi connectivity index (χ4n) is 3.64. The van der Waals surface area contributed by atoms with Crippen molar-refractivity contribution in [3.05, 3.63) is 74.1 Å². The maximum atomic E-state index is 13.4. The first-order valence-electron chi connectivity index (χ1n) is 9.53. The highest BCUT2D eigenvalue weighted by atomic mass is 35.5. The van der Waals surface area contributed by atoms with Gasteiger partial charge in [0.05, 0.1) is 28.6 Å². The van der Waals surface area contributed by atoms with Gasteiger partial charge >= 0.3 is 5.69 Å². The van der Waals surface area contributed by atoms with Gasteiger partial charge in [0.1, 0.15) is 12.4 Å². The van der Waals surface area contributed by atoms with E-state index in [1.807, 2.05) is 0 Å². The number of halogens is 2. The Kier molecular flexibility index (Phi) is 5.69. The molecule has 1 fully saturated rings. The molecule has 0 radical (unpaired) electrons. The molecule has 1 aliphatic rings. The number of hydrogen-bond donors (Lipinski definition) is 1. The third kappa shape index (κ3) is 4.01. The van der Waals surface area contributed by atoms with Gasteiger partial charge in [-0.2, -0.15) is 0 Å². The van der Waals surface area contributed by atoms with Gasteiger partial charge in [-0.15, -0.1) is 0 Å². The van der Waals surface area contributed by atoms with Crippen LogP contribution in [-0.4, -0.2) is 27.8 Å². The van der Waals surface area contributed by atoms with Crippen molar-refractivity contribution in [2.45, 2.75) is 32.0 Å². The van der Waals surface area contributed by atoms with E-state index in [4.69, 9.17) is 16.3 Å². The molecule has 2 heterocycles. The first-order valence-corrected chi connectivity index (χ1v) is 9.90. The zero-order valence-electron chi connectivity index (χ0n) is 15.9. The Morgan fingerprint density at radius 1 is 1.20 bits per heavy atom. The number of nitrogens with one attached hydrogen (secondary N) is 1. The number of fused-ring (bicyclic) bond motifs is 1. The van der Waals surface area contributed by atoms with Crippen molar-refractivity contribution in [2.24, 2.45) is 0 Å². The minimum Gasteiger partial charge on any atom is -0.376 e. The van der Waals surface area contributed by atoms with Gasteiger partial charge in [-0.05, 0) is 43.2 Å². The Bertz CT molecular complexity index is 1230. The molecular formula is C21H19ClFN3O4. The zero-order valence-corrected chi connectivity index (χ0v) is 16.7. The molecule has 1 N–H and O–H groups in total. The summed E-state index contributed by atoms with van der Waals surface area (Å²) in [7, 11) is 0. The molecular weight excluding hydrogens is 413 g/mol. The molecule has 2 aromatic carbocycles. The Balaban J connectivity index is 1.75. The van der Waals surface area contributed by atoms with Crippen LogP contribution in [-0.2, 0) is 22.6 Å². The van der Waals surface area contributed by atoms with Crippen molar-refractivity contribution in [2.75, 3.05) is 11.9 Å². The van der Waals surface area contributed by atoms with Crippen molar-refractivity contribution >= 4 is 34.1 Å². The number of hydrogen-bond acceptors (Lipinski definition) is 4. The lowest BCUT2D eigenvalue weighted by atomic mass is 10.2. The van der Waals surface area contributed by atoms with Gasteiger partial charge in [0.15, 0.2) is 0 Å². The topological polar surface area (TPSA) is 82.3 Å². The predicted molar refractivity (Wildman–Crippen MR) is 111 cm³/mol. The maximum Gasteiger partial charge on any atom is 0.332 e. The van der Waals surface area contributed by atoms with Crippen molar-refractivity contribution in [3.63, 3.8) is 0 Å². The summed E-state index contributed by atoms with van der Waals surface area (Å²) in [5.74, 6) is -1.03. The summed E-state index contributed by atoms with van der Waals surface area (Å²) in [5.41, 5.74) is -0.615. The Morgan fingerprint density at radius 2 is 2.00 bits per heavy atom. The van der Waals surface area contributed by atoms with Crippen LogP contribution in [0.15, 0.2) is 52.1 Å². The summed E-state index contributed by atoms with van der Waals surface area (Å²) in [5, 5.41) is 2.92. The van der Waals surface area contributed by atoms with Crippen LogP contribution in [0.3, 0.4) is 0 Å². The van der Waals surface area contributed by atoms with Gasteiger partial charge in [0, 0.05) is 12.3 Å². The standard InChI is InChI=1S/C21H19ClFN3O4/c22-16-7-2-8-17-19(16)20(28)26(11-15-6-3-9-30-15)21(29)25(17)12-18(27)24-14-5-1-4-13(23)10-14/h1-2,4-5,7-8,10,15H,3,6,9,11-12H2,(H,24,27). The van der Waals surface area contributed by atoms with Crippen LogP contribution in [0.25, 0.3) is 10.9 Å². The minimum absolute atomic E-state index is 0.0876. The number of nitrogens with zero attached hydrogens (tertiary/aromatic N) is 2. The van der Waals surface area contributed by atoms with Crippen LogP contribution >= 0.6 is 11.6 Å². The average molecular weight is 432 g/mol. The van der Waals surface area contributed by atoms with E-state index < -0.39 is 23.0 Å². The fraction of sp³-hybridized carbons (Fsp3) is 0.286. The Morgan fingerprint density at radius 3 is 2.73 bits per heavy atom. The summed E-state index contributed by atoms with van der Waals surface area (Å²) in [6, 6.07) is 10.2. The molecule has 0 bridgehead atoms. The van der Waals surface area contributed by atoms with Crippen LogP contribution < -0.4 is 16.6 Å². The number of carbonyl (C=O) groups is 1. The second-order valence-corrected chi connectivity index (χ2v) is 7.52. The normalized spacial score (nSPS) is 16.1. The SMILES string of the molecule is O=C(Cn1c(=O)n(CC2CCCO2)c(=O)c2c(Cl)cccc21)Nc1cccc(F)c1. The monoisotopic (exact) mass is 431 g/mol. The summed E-state index contributed by atoms with van der Waals surface area (Å²) in [4.78, 5) is 38.7. The number of benzene rings is 2. The highest BCUT2D eigenvalue weighted by Crippen LogP contribution is 2.20. The third-order valence-electron chi connectivity index (χ3n) is 5.02. The Labute approximate surface area is 175 Å². The predicted octanol–water partition coefficient (Wildman–Crippen LogP) is 2.77. The van der Waals surface area contributed by atoms with E-state index in [2.05, 4.69) is 5.32 Å². The zero-order chi connectivity index (χ0) is 21.3. The van der Waals surface area contributed by atoms with Crippen LogP contribution in [0.4, 0.5) is 10.1 Å². The van der Waals surface area contributed by atoms with Crippen molar-refractivity contribution < 1.29 is 13.9 Å². The summed E-state index contributed by atoms with van der Waals surface area (Å²) in [6.45, 7) is 0.306. The number of aromatic nitrogens is 2. The highest BCUT2D eigenvalue weighted by molar-refractivity contribution is 6.35. The number of rotatable bonds is 5. The van der Waals surface area contributed by atoms with Gasteiger partial charge < -0.3 is 10.1 Å². The van der Waals surface area contributed by atoms with Crippen LogP contribution in [0.2, 0.25) is 5.02 Å². The molecule has 0 spiro atoms. The summed E-state index contributed by atoms with van der Waals surface area (Å²) < 4.78 is 21.2. The molecule has 1 aromatic heterocycles. The lowest BCUT2D eigenvalue weighted by Gasteiger charge is -2.17. The van der Waals surface area contributed by atoms with E-state index in [1.54, 1.807) is 18.2 Å². The quantitative estimate of drug-likeness (QED) is 0.673. The van der Waals surface area contributed by atoms with Gasteiger partial charge in [-0.25, -0.2) is 9.18 Å². The lowest BCUT2D eigenvalue weighted by Crippen LogP contribution is -2.43. The van der Waals surface area contributed by atoms with Gasteiger partial charge in [-0.3, -0.25) is 18.7 Å². The van der Waals surface area contributed by atoms with Crippen LogP contribution in [0.5, 0.6) is 0 Å². The van der Waals surface area contributed by atoms with Gasteiger partial charge in [-0.1, -0.05) is 23.7 Å².